The summed E-state index contributed by atoms with van der Waals surface area (Å²) in [6.07, 6.45) is 1.51. The molecule has 1 aromatic carbocycles. The Bertz CT molecular complexity index is 912. The number of hydrogen-bond donors (Lipinski definition) is 2. The molecule has 0 fully saturated rings. The summed E-state index contributed by atoms with van der Waals surface area (Å²) >= 11 is 0. The van der Waals surface area contributed by atoms with Crippen LogP contribution in [-0.4, -0.2) is 28.2 Å². The van der Waals surface area contributed by atoms with Crippen LogP contribution in [-0.2, 0) is 12.8 Å². The Hall–Kier alpha value is -2.82. The number of nitrogens with one attached hydrogen (secondary N) is 1. The number of carbonyl (C=O) groups is 1. The molecular weight excluding hydrogens is 316 g/mol. The van der Waals surface area contributed by atoms with Crippen molar-refractivity contribution in [2.45, 2.75) is 26.7 Å². The lowest BCUT2D eigenvalue weighted by Crippen LogP contribution is -2.04. The molecule has 2 N–H and O–H groups in total. The number of ether oxygens (including phenoxy) is 1. The molecule has 2 aromatic heterocycles. The average Bonchev–Trinajstić information content (AvgIpc) is 2.90. The molecule has 0 aliphatic carbocycles. The molecule has 0 amide bonds. The highest BCUT2D eigenvalue weighted by Crippen LogP contribution is 2.29. The zero-order valence-electron chi connectivity index (χ0n) is 14.7. The summed E-state index contributed by atoms with van der Waals surface area (Å²) in [6, 6.07) is 11.1. The van der Waals surface area contributed by atoms with Gasteiger partial charge in [0.1, 0.15) is 11.4 Å². The Morgan fingerprint density at radius 2 is 2.08 bits per heavy atom. The lowest BCUT2D eigenvalue weighted by molar-refractivity contribution is 0.0690. The molecule has 3 aromatic rings. The van der Waals surface area contributed by atoms with E-state index in [4.69, 9.17) is 9.84 Å². The summed E-state index contributed by atoms with van der Waals surface area (Å²) in [4.78, 5) is 18.9. The number of hydrogen-bond acceptors (Lipinski definition) is 3. The molecule has 5 nitrogen and oxygen atoms in total. The third-order valence-corrected chi connectivity index (χ3v) is 4.20. The van der Waals surface area contributed by atoms with Gasteiger partial charge in [-0.25, -0.2) is 9.78 Å². The number of aromatic nitrogens is 2. The highest BCUT2D eigenvalue weighted by molar-refractivity contribution is 5.87. The van der Waals surface area contributed by atoms with Gasteiger partial charge < -0.3 is 14.8 Å². The van der Waals surface area contributed by atoms with Crippen molar-refractivity contribution in [1.29, 1.82) is 0 Å². The van der Waals surface area contributed by atoms with Crippen LogP contribution in [0.2, 0.25) is 0 Å². The molecule has 0 spiro atoms. The van der Waals surface area contributed by atoms with Crippen LogP contribution in [0.25, 0.3) is 10.9 Å². The van der Waals surface area contributed by atoms with Gasteiger partial charge in [-0.15, -0.1) is 0 Å². The first-order valence-electron chi connectivity index (χ1n) is 8.34. The van der Waals surface area contributed by atoms with Crippen LogP contribution in [0.3, 0.4) is 0 Å². The summed E-state index contributed by atoms with van der Waals surface area (Å²) in [6.45, 7) is 4.36. The minimum absolute atomic E-state index is 0.0735. The Morgan fingerprint density at radius 3 is 2.76 bits per heavy atom. The average molecular weight is 338 g/mol. The van der Waals surface area contributed by atoms with Crippen LogP contribution in [0.4, 0.5) is 0 Å². The molecule has 0 radical (unpaired) electrons. The van der Waals surface area contributed by atoms with Crippen molar-refractivity contribution in [2.24, 2.45) is 5.92 Å². The van der Waals surface area contributed by atoms with Crippen LogP contribution < -0.4 is 4.74 Å². The second-order valence-electron chi connectivity index (χ2n) is 6.59. The van der Waals surface area contributed by atoms with Crippen LogP contribution in [0, 0.1) is 5.92 Å². The predicted molar refractivity (Wildman–Crippen MR) is 97.4 cm³/mol. The van der Waals surface area contributed by atoms with Crippen molar-refractivity contribution in [3.8, 4) is 5.75 Å². The van der Waals surface area contributed by atoms with E-state index in [9.17, 15) is 4.79 Å². The van der Waals surface area contributed by atoms with Gasteiger partial charge in [0.2, 0.25) is 0 Å². The summed E-state index contributed by atoms with van der Waals surface area (Å²) in [5.74, 6) is 0.308. The van der Waals surface area contributed by atoms with Gasteiger partial charge >= 0.3 is 5.97 Å². The molecule has 5 heteroatoms. The number of methoxy groups -OCH3 is 1. The number of rotatable bonds is 6. The molecule has 3 rings (SSSR count). The number of benzene rings is 1. The van der Waals surface area contributed by atoms with Crippen LogP contribution in [0.5, 0.6) is 5.75 Å². The summed E-state index contributed by atoms with van der Waals surface area (Å²) in [5, 5.41) is 10.3. The van der Waals surface area contributed by atoms with E-state index in [0.717, 1.165) is 28.8 Å². The Labute approximate surface area is 146 Å². The standard InChI is InChI=1S/C20H22N2O3/c1-12(2)9-18-16(10-13-5-4-6-17(21-13)20(23)24)15-8-7-14(25-3)11-19(15)22-18/h4-8,11-12,22H,9-10H2,1-3H3,(H,23,24). The van der Waals surface area contributed by atoms with E-state index in [1.54, 1.807) is 13.2 Å². The number of H-pyrrole nitrogens is 1. The SMILES string of the molecule is COc1ccc2c(Cc3cccc(C(=O)O)n3)c(CC(C)C)[nH]c2c1. The zero-order valence-corrected chi connectivity index (χ0v) is 14.7. The highest BCUT2D eigenvalue weighted by Gasteiger charge is 2.15. The van der Waals surface area contributed by atoms with E-state index in [2.05, 4.69) is 23.8 Å². The first kappa shape index (κ1) is 17.0. The molecular formula is C20H22N2O3. The van der Waals surface area contributed by atoms with Gasteiger partial charge in [0.15, 0.2) is 0 Å². The number of carboxylic acids is 1. The van der Waals surface area contributed by atoms with Gasteiger partial charge in [-0.2, -0.15) is 0 Å². The first-order chi connectivity index (χ1) is 12.0. The maximum Gasteiger partial charge on any atom is 0.354 e. The van der Waals surface area contributed by atoms with Gasteiger partial charge in [-0.1, -0.05) is 19.9 Å². The van der Waals surface area contributed by atoms with Gasteiger partial charge in [0.25, 0.3) is 0 Å². The molecule has 2 heterocycles. The zero-order chi connectivity index (χ0) is 18.0. The van der Waals surface area contributed by atoms with Gasteiger partial charge in [0.05, 0.1) is 7.11 Å². The third-order valence-electron chi connectivity index (χ3n) is 4.20. The van der Waals surface area contributed by atoms with Gasteiger partial charge in [-0.3, -0.25) is 0 Å². The lowest BCUT2D eigenvalue weighted by atomic mass is 9.99. The van der Waals surface area contributed by atoms with E-state index >= 15 is 0 Å². The number of fused-ring (bicyclic) bond motifs is 1. The van der Waals surface area contributed by atoms with E-state index in [1.165, 1.54) is 17.3 Å². The van der Waals surface area contributed by atoms with Crippen molar-refractivity contribution >= 4 is 16.9 Å². The maximum atomic E-state index is 11.2. The van der Waals surface area contributed by atoms with Crippen molar-refractivity contribution in [3.05, 3.63) is 59.0 Å². The summed E-state index contributed by atoms with van der Waals surface area (Å²) in [7, 11) is 1.65. The Balaban J connectivity index is 2.06. The van der Waals surface area contributed by atoms with Crippen LogP contribution in [0.1, 0.15) is 41.3 Å². The van der Waals surface area contributed by atoms with E-state index in [1.807, 2.05) is 24.3 Å². The van der Waals surface area contributed by atoms with Crippen molar-refractivity contribution in [3.63, 3.8) is 0 Å². The van der Waals surface area contributed by atoms with Crippen LogP contribution >= 0.6 is 0 Å². The van der Waals surface area contributed by atoms with Crippen molar-refractivity contribution in [1.82, 2.24) is 9.97 Å². The topological polar surface area (TPSA) is 75.2 Å². The summed E-state index contributed by atoms with van der Waals surface area (Å²) in [5.41, 5.74) is 4.19. The van der Waals surface area contributed by atoms with E-state index in [0.29, 0.717) is 12.3 Å². The number of aromatic carboxylic acids is 1. The minimum atomic E-state index is -1.01. The Morgan fingerprint density at radius 1 is 1.28 bits per heavy atom. The number of aromatic amines is 1. The van der Waals surface area contributed by atoms with Crippen molar-refractivity contribution < 1.29 is 14.6 Å². The summed E-state index contributed by atoms with van der Waals surface area (Å²) < 4.78 is 5.32. The fraction of sp³-hybridized carbons (Fsp3) is 0.300. The van der Waals surface area contributed by atoms with E-state index < -0.39 is 5.97 Å². The normalized spacial score (nSPS) is 11.2. The first-order valence-corrected chi connectivity index (χ1v) is 8.34. The second kappa shape index (κ2) is 6.97. The predicted octanol–water partition coefficient (Wildman–Crippen LogP) is 4.06. The number of nitrogens with zero attached hydrogens (tertiary/aromatic N) is 1. The minimum Gasteiger partial charge on any atom is -0.497 e. The quantitative estimate of drug-likeness (QED) is 0.711. The maximum absolute atomic E-state index is 11.2. The molecule has 0 aliphatic rings. The number of pyridine rings is 1. The van der Waals surface area contributed by atoms with Crippen LogP contribution in [0.15, 0.2) is 36.4 Å². The lowest BCUT2D eigenvalue weighted by Gasteiger charge is -2.08. The molecule has 0 aliphatic heterocycles. The molecule has 0 saturated heterocycles. The molecule has 0 saturated carbocycles. The monoisotopic (exact) mass is 338 g/mol. The molecule has 25 heavy (non-hydrogen) atoms. The molecule has 0 unspecified atom stereocenters. The molecule has 130 valence electrons. The van der Waals surface area contributed by atoms with E-state index in [-0.39, 0.29) is 5.69 Å². The molecule has 0 atom stereocenters. The van der Waals surface area contributed by atoms with Gasteiger partial charge in [0, 0.05) is 34.8 Å². The second-order valence-corrected chi connectivity index (χ2v) is 6.59. The fourth-order valence-corrected chi connectivity index (χ4v) is 3.08. The Kier molecular flexibility index (Phi) is 4.74. The van der Waals surface area contributed by atoms with Gasteiger partial charge in [-0.05, 0) is 42.2 Å². The third kappa shape index (κ3) is 3.65. The largest absolute Gasteiger partial charge is 0.497 e. The fourth-order valence-electron chi connectivity index (χ4n) is 3.08. The molecule has 0 bridgehead atoms. The van der Waals surface area contributed by atoms with Crippen molar-refractivity contribution in [2.75, 3.05) is 7.11 Å². The smallest absolute Gasteiger partial charge is 0.354 e. The number of carboxylic acid groups (broad SMARTS) is 1. The highest BCUT2D eigenvalue weighted by atomic mass is 16.5.